The van der Waals surface area contributed by atoms with E-state index in [0.29, 0.717) is 0 Å². The molecule has 0 aromatic rings. The van der Waals surface area contributed by atoms with Crippen molar-refractivity contribution in [3.63, 3.8) is 0 Å². The van der Waals surface area contributed by atoms with Crippen LogP contribution in [-0.4, -0.2) is 38.1 Å². The zero-order chi connectivity index (χ0) is 10.2. The first-order chi connectivity index (χ1) is 6.06. The summed E-state index contributed by atoms with van der Waals surface area (Å²) in [6, 6.07) is 0. The Hall–Kier alpha value is 0.540. The molecule has 0 aliphatic rings. The number of hydrogen-bond donors (Lipinski definition) is 0. The minimum atomic E-state index is 0. The van der Waals surface area contributed by atoms with Gasteiger partial charge in [0.25, 0.3) is 0 Å². The SMILES string of the molecule is C[N+](C)(C)CCCCCCCCCl.[Cl-]. The molecule has 0 heterocycles. The summed E-state index contributed by atoms with van der Waals surface area (Å²) in [6.45, 7) is 1.30. The molecular formula is C11H25Cl2N. The molecule has 0 N–H and O–H groups in total. The zero-order valence-electron chi connectivity index (χ0n) is 9.86. The number of hydrogen-bond acceptors (Lipinski definition) is 0. The van der Waals surface area contributed by atoms with Crippen molar-refractivity contribution >= 4 is 11.6 Å². The fourth-order valence-corrected chi connectivity index (χ4v) is 1.58. The van der Waals surface area contributed by atoms with Crippen LogP contribution < -0.4 is 12.4 Å². The molecule has 0 aromatic carbocycles. The monoisotopic (exact) mass is 241 g/mol. The van der Waals surface area contributed by atoms with Gasteiger partial charge in [-0.25, -0.2) is 0 Å². The van der Waals surface area contributed by atoms with Crippen molar-refractivity contribution in [1.29, 1.82) is 0 Å². The highest BCUT2D eigenvalue weighted by Crippen LogP contribution is 2.07. The van der Waals surface area contributed by atoms with Crippen LogP contribution in [0.2, 0.25) is 0 Å². The van der Waals surface area contributed by atoms with E-state index in [4.69, 9.17) is 11.6 Å². The standard InChI is InChI=1S/C11H25ClN.ClH/c1-13(2,3)11-9-7-5-4-6-8-10-12;/h4-11H2,1-3H3;1H/q+1;/p-1. The molecule has 0 spiro atoms. The van der Waals surface area contributed by atoms with Crippen molar-refractivity contribution in [2.75, 3.05) is 33.6 Å². The van der Waals surface area contributed by atoms with Crippen molar-refractivity contribution in [2.45, 2.75) is 38.5 Å². The summed E-state index contributed by atoms with van der Waals surface area (Å²) >= 11 is 5.60. The highest BCUT2D eigenvalue weighted by atomic mass is 35.5. The second-order valence-electron chi connectivity index (χ2n) is 4.82. The Bertz CT molecular complexity index is 110. The van der Waals surface area contributed by atoms with E-state index in [1.807, 2.05) is 0 Å². The fourth-order valence-electron chi connectivity index (χ4n) is 1.39. The zero-order valence-corrected chi connectivity index (χ0v) is 11.4. The van der Waals surface area contributed by atoms with Gasteiger partial charge in [-0.1, -0.05) is 19.3 Å². The van der Waals surface area contributed by atoms with Crippen molar-refractivity contribution in [1.82, 2.24) is 0 Å². The fraction of sp³-hybridized carbons (Fsp3) is 1.00. The van der Waals surface area contributed by atoms with Crippen LogP contribution in [0.3, 0.4) is 0 Å². The molecule has 0 fully saturated rings. The van der Waals surface area contributed by atoms with Gasteiger partial charge >= 0.3 is 0 Å². The van der Waals surface area contributed by atoms with Gasteiger partial charge in [0.15, 0.2) is 0 Å². The Morgan fingerprint density at radius 3 is 1.64 bits per heavy atom. The summed E-state index contributed by atoms with van der Waals surface area (Å²) in [4.78, 5) is 0. The largest absolute Gasteiger partial charge is 1.00 e. The Labute approximate surface area is 101 Å². The summed E-state index contributed by atoms with van der Waals surface area (Å²) in [7, 11) is 6.77. The first kappa shape index (κ1) is 17.0. The van der Waals surface area contributed by atoms with E-state index in [9.17, 15) is 0 Å². The molecule has 0 aromatic heterocycles. The van der Waals surface area contributed by atoms with E-state index in [1.165, 1.54) is 45.1 Å². The lowest BCUT2D eigenvalue weighted by Crippen LogP contribution is -3.00. The van der Waals surface area contributed by atoms with E-state index < -0.39 is 0 Å². The third-order valence-corrected chi connectivity index (χ3v) is 2.48. The van der Waals surface area contributed by atoms with Crippen LogP contribution in [0.5, 0.6) is 0 Å². The summed E-state index contributed by atoms with van der Waals surface area (Å²) in [5.41, 5.74) is 0. The molecule has 0 amide bonds. The summed E-state index contributed by atoms with van der Waals surface area (Å²) < 4.78 is 1.10. The lowest BCUT2D eigenvalue weighted by Gasteiger charge is -2.23. The Kier molecular flexibility index (Phi) is 12.2. The number of unbranched alkanes of at least 4 members (excludes halogenated alkanes) is 5. The molecule has 3 heteroatoms. The third-order valence-electron chi connectivity index (χ3n) is 2.21. The number of rotatable bonds is 8. The van der Waals surface area contributed by atoms with Gasteiger partial charge in [-0.3, -0.25) is 0 Å². The minimum absolute atomic E-state index is 0. The summed E-state index contributed by atoms with van der Waals surface area (Å²) in [5.74, 6) is 0.832. The molecule has 14 heavy (non-hydrogen) atoms. The van der Waals surface area contributed by atoms with Gasteiger partial charge in [0.1, 0.15) is 0 Å². The normalized spacial score (nSPS) is 11.1. The molecule has 0 unspecified atom stereocenters. The van der Waals surface area contributed by atoms with Crippen LogP contribution in [0, 0.1) is 0 Å². The predicted octanol–water partition coefficient (Wildman–Crippen LogP) is 0.276. The maximum atomic E-state index is 5.60. The highest BCUT2D eigenvalue weighted by Gasteiger charge is 2.04. The van der Waals surface area contributed by atoms with Crippen molar-refractivity contribution < 1.29 is 16.9 Å². The smallest absolute Gasteiger partial charge is 0.0780 e. The maximum absolute atomic E-state index is 5.60. The van der Waals surface area contributed by atoms with Crippen molar-refractivity contribution in [3.05, 3.63) is 0 Å². The molecule has 1 nitrogen and oxygen atoms in total. The van der Waals surface area contributed by atoms with Gasteiger partial charge in [0.05, 0.1) is 27.7 Å². The molecular weight excluding hydrogens is 217 g/mol. The number of quaternary nitrogens is 1. The molecule has 0 radical (unpaired) electrons. The van der Waals surface area contributed by atoms with E-state index in [2.05, 4.69) is 21.1 Å². The highest BCUT2D eigenvalue weighted by molar-refractivity contribution is 6.17. The third kappa shape index (κ3) is 15.0. The van der Waals surface area contributed by atoms with Crippen molar-refractivity contribution in [3.8, 4) is 0 Å². The van der Waals surface area contributed by atoms with Crippen LogP contribution in [-0.2, 0) is 0 Å². The van der Waals surface area contributed by atoms with Crippen LogP contribution >= 0.6 is 11.6 Å². The van der Waals surface area contributed by atoms with Crippen LogP contribution in [0.1, 0.15) is 38.5 Å². The van der Waals surface area contributed by atoms with Gasteiger partial charge < -0.3 is 16.9 Å². The van der Waals surface area contributed by atoms with Gasteiger partial charge in [-0.05, 0) is 19.3 Å². The Morgan fingerprint density at radius 2 is 1.21 bits per heavy atom. The molecule has 0 aliphatic carbocycles. The van der Waals surface area contributed by atoms with E-state index >= 15 is 0 Å². The number of alkyl halides is 1. The molecule has 0 saturated carbocycles. The van der Waals surface area contributed by atoms with Gasteiger partial charge in [0, 0.05) is 5.88 Å². The molecule has 88 valence electrons. The number of halogens is 2. The second-order valence-corrected chi connectivity index (χ2v) is 5.20. The average molecular weight is 242 g/mol. The van der Waals surface area contributed by atoms with E-state index in [0.717, 1.165) is 10.4 Å². The van der Waals surface area contributed by atoms with Gasteiger partial charge in [0.2, 0.25) is 0 Å². The average Bonchev–Trinajstić information content (AvgIpc) is 2.01. The predicted molar refractivity (Wildman–Crippen MR) is 61.3 cm³/mol. The lowest BCUT2D eigenvalue weighted by molar-refractivity contribution is -0.870. The van der Waals surface area contributed by atoms with Gasteiger partial charge in [-0.2, -0.15) is 0 Å². The Morgan fingerprint density at radius 1 is 0.786 bits per heavy atom. The molecule has 0 saturated heterocycles. The van der Waals surface area contributed by atoms with Crippen LogP contribution in [0.15, 0.2) is 0 Å². The summed E-state index contributed by atoms with van der Waals surface area (Å²) in [6.07, 6.45) is 8.01. The number of nitrogens with zero attached hydrogens (tertiary/aromatic N) is 1. The van der Waals surface area contributed by atoms with Crippen LogP contribution in [0.25, 0.3) is 0 Å². The molecule has 0 rings (SSSR count). The Balaban J connectivity index is 0. The van der Waals surface area contributed by atoms with Gasteiger partial charge in [-0.15, -0.1) is 11.6 Å². The minimum Gasteiger partial charge on any atom is -1.00 e. The van der Waals surface area contributed by atoms with E-state index in [1.54, 1.807) is 0 Å². The summed E-state index contributed by atoms with van der Waals surface area (Å²) in [5, 5.41) is 0. The van der Waals surface area contributed by atoms with Crippen molar-refractivity contribution in [2.24, 2.45) is 0 Å². The topological polar surface area (TPSA) is 0 Å². The molecule has 0 aliphatic heterocycles. The molecule has 0 atom stereocenters. The maximum Gasteiger partial charge on any atom is 0.0780 e. The molecule has 0 bridgehead atoms. The van der Waals surface area contributed by atoms with E-state index in [-0.39, 0.29) is 12.4 Å². The first-order valence-corrected chi connectivity index (χ1v) is 5.96. The second kappa shape index (κ2) is 10.1. The van der Waals surface area contributed by atoms with Crippen LogP contribution in [0.4, 0.5) is 0 Å². The quantitative estimate of drug-likeness (QED) is 0.326. The first-order valence-electron chi connectivity index (χ1n) is 5.43. The lowest BCUT2D eigenvalue weighted by atomic mass is 10.1.